The Kier molecular flexibility index (Phi) is 6.89. The molecule has 0 radical (unpaired) electrons. The van der Waals surface area contributed by atoms with Gasteiger partial charge in [-0.15, -0.1) is 0 Å². The summed E-state index contributed by atoms with van der Waals surface area (Å²) in [6.45, 7) is 7.94. The number of hydrogen-bond donors (Lipinski definition) is 1. The van der Waals surface area contributed by atoms with E-state index in [0.717, 1.165) is 29.8 Å². The lowest BCUT2D eigenvalue weighted by Gasteiger charge is -2.33. The van der Waals surface area contributed by atoms with E-state index < -0.39 is 0 Å². The van der Waals surface area contributed by atoms with Crippen LogP contribution in [-0.2, 0) is 4.79 Å². The van der Waals surface area contributed by atoms with E-state index in [9.17, 15) is 9.59 Å². The molecular weight excluding hydrogens is 414 g/mol. The van der Waals surface area contributed by atoms with Crippen LogP contribution in [0.1, 0.15) is 50.4 Å². The molecule has 7 heteroatoms. The Hall–Kier alpha value is -3.45. The lowest BCUT2D eigenvalue weighted by molar-refractivity contribution is -0.126. The molecule has 1 amide bonds. The van der Waals surface area contributed by atoms with E-state index in [1.165, 1.54) is 10.3 Å². The number of nitrogens with one attached hydrogen (secondary N) is 1. The van der Waals surface area contributed by atoms with E-state index in [1.807, 2.05) is 63.2 Å². The largest absolute Gasteiger partial charge is 0.355 e. The third-order valence-electron chi connectivity index (χ3n) is 6.02. The van der Waals surface area contributed by atoms with Crippen molar-refractivity contribution in [2.24, 2.45) is 0 Å². The van der Waals surface area contributed by atoms with Gasteiger partial charge in [0.05, 0.1) is 11.7 Å². The summed E-state index contributed by atoms with van der Waals surface area (Å²) in [6, 6.07) is 17.7. The molecule has 1 aliphatic rings. The molecule has 1 N–H and O–H groups in total. The highest BCUT2D eigenvalue weighted by molar-refractivity contribution is 5.83. The average molecular weight is 446 g/mol. The third-order valence-corrected chi connectivity index (χ3v) is 6.02. The summed E-state index contributed by atoms with van der Waals surface area (Å²) in [5, 5.41) is 7.18. The van der Waals surface area contributed by atoms with Crippen molar-refractivity contribution in [1.29, 1.82) is 0 Å². The molecule has 2 aromatic carbocycles. The molecule has 0 aliphatic carbocycles. The number of benzene rings is 2. The molecule has 7 nitrogen and oxygen atoms in total. The second-order valence-corrected chi connectivity index (χ2v) is 8.55. The Labute approximate surface area is 194 Å². The number of nitrogens with zero attached hydrogens (tertiary/aromatic N) is 4. The van der Waals surface area contributed by atoms with Crippen LogP contribution in [0.15, 0.2) is 71.8 Å². The number of rotatable bonds is 7. The molecule has 1 aliphatic heterocycles. The monoisotopic (exact) mass is 445 g/mol. The molecule has 1 unspecified atom stereocenters. The highest BCUT2D eigenvalue weighted by Crippen LogP contribution is 2.29. The van der Waals surface area contributed by atoms with Gasteiger partial charge in [-0.1, -0.05) is 48.5 Å². The normalized spacial score (nSPS) is 15.3. The molecular formula is C26H31N5O2. The van der Waals surface area contributed by atoms with E-state index >= 15 is 0 Å². The van der Waals surface area contributed by atoms with Gasteiger partial charge in [0.15, 0.2) is 0 Å². The fourth-order valence-corrected chi connectivity index (χ4v) is 4.30. The Morgan fingerprint density at radius 1 is 1.09 bits per heavy atom. The summed E-state index contributed by atoms with van der Waals surface area (Å²) in [4.78, 5) is 27.6. The fourth-order valence-electron chi connectivity index (χ4n) is 4.30. The van der Waals surface area contributed by atoms with Crippen LogP contribution in [0.25, 0.3) is 11.3 Å². The van der Waals surface area contributed by atoms with Crippen molar-refractivity contribution in [1.82, 2.24) is 24.6 Å². The molecule has 0 bridgehead atoms. The van der Waals surface area contributed by atoms with Crippen LogP contribution >= 0.6 is 0 Å². The van der Waals surface area contributed by atoms with Crippen LogP contribution in [0.4, 0.5) is 0 Å². The van der Waals surface area contributed by atoms with Gasteiger partial charge in [-0.25, -0.2) is 14.0 Å². The smallest absolute Gasteiger partial charge is 0.350 e. The van der Waals surface area contributed by atoms with Crippen molar-refractivity contribution in [2.75, 3.05) is 19.6 Å². The zero-order valence-electron chi connectivity index (χ0n) is 19.4. The second-order valence-electron chi connectivity index (χ2n) is 8.55. The Morgan fingerprint density at radius 2 is 1.82 bits per heavy atom. The first-order chi connectivity index (χ1) is 16.0. The second kappa shape index (κ2) is 10.0. The summed E-state index contributed by atoms with van der Waals surface area (Å²) >= 11 is 0. The number of carbonyl (C=O) groups excluding carboxylic acids is 1. The number of carbonyl (C=O) groups is 1. The minimum absolute atomic E-state index is 0.0208. The predicted molar refractivity (Wildman–Crippen MR) is 130 cm³/mol. The summed E-state index contributed by atoms with van der Waals surface area (Å²) in [5.41, 5.74) is 4.07. The summed E-state index contributed by atoms with van der Waals surface area (Å²) in [7, 11) is 0. The van der Waals surface area contributed by atoms with Gasteiger partial charge in [-0.05, 0) is 56.0 Å². The standard InChI is InChI=1S/C26H31N5O2/c1-4-27-25(32)24(22-8-6-5-7-9-22)29-16-14-21(15-17-29)20-10-12-23(13-11-20)30-18-28-31(19(2)3)26(30)33/h5-14,18-19,24H,4,15-17H2,1-3H3,(H,27,32). The predicted octanol–water partition coefficient (Wildman–Crippen LogP) is 3.58. The van der Waals surface area contributed by atoms with E-state index in [4.69, 9.17) is 0 Å². The van der Waals surface area contributed by atoms with Gasteiger partial charge in [-0.2, -0.15) is 5.10 Å². The zero-order valence-corrected chi connectivity index (χ0v) is 19.4. The summed E-state index contributed by atoms with van der Waals surface area (Å²) < 4.78 is 3.04. The molecule has 0 spiro atoms. The zero-order chi connectivity index (χ0) is 23.4. The van der Waals surface area contributed by atoms with E-state index in [-0.39, 0.29) is 23.7 Å². The Balaban J connectivity index is 1.51. The number of amides is 1. The van der Waals surface area contributed by atoms with Gasteiger partial charge in [0.1, 0.15) is 12.4 Å². The molecule has 33 heavy (non-hydrogen) atoms. The minimum Gasteiger partial charge on any atom is -0.355 e. The molecule has 3 aromatic rings. The van der Waals surface area contributed by atoms with Gasteiger partial charge >= 0.3 is 5.69 Å². The first kappa shape index (κ1) is 22.7. The quantitative estimate of drug-likeness (QED) is 0.603. The van der Waals surface area contributed by atoms with Crippen LogP contribution in [0, 0.1) is 0 Å². The third kappa shape index (κ3) is 4.83. The van der Waals surface area contributed by atoms with Crippen LogP contribution in [0.5, 0.6) is 0 Å². The fraction of sp³-hybridized carbons (Fsp3) is 0.346. The number of hydrogen-bond acceptors (Lipinski definition) is 4. The molecule has 1 atom stereocenters. The van der Waals surface area contributed by atoms with Gasteiger partial charge in [-0.3, -0.25) is 9.69 Å². The van der Waals surface area contributed by atoms with Crippen molar-refractivity contribution in [3.63, 3.8) is 0 Å². The van der Waals surface area contributed by atoms with Crippen molar-refractivity contribution in [2.45, 2.75) is 39.3 Å². The van der Waals surface area contributed by atoms with Crippen molar-refractivity contribution in [3.05, 3.63) is 88.6 Å². The van der Waals surface area contributed by atoms with E-state index in [0.29, 0.717) is 13.1 Å². The highest BCUT2D eigenvalue weighted by atomic mass is 16.2. The van der Waals surface area contributed by atoms with Gasteiger partial charge in [0, 0.05) is 19.6 Å². The van der Waals surface area contributed by atoms with Crippen LogP contribution in [0.2, 0.25) is 0 Å². The summed E-state index contributed by atoms with van der Waals surface area (Å²) in [5.74, 6) is 0.0392. The maximum absolute atomic E-state index is 12.8. The topological polar surface area (TPSA) is 72.2 Å². The molecule has 172 valence electrons. The molecule has 0 saturated carbocycles. The van der Waals surface area contributed by atoms with Crippen molar-refractivity contribution < 1.29 is 4.79 Å². The molecule has 0 saturated heterocycles. The van der Waals surface area contributed by atoms with Crippen LogP contribution < -0.4 is 11.0 Å². The van der Waals surface area contributed by atoms with E-state index in [1.54, 1.807) is 10.9 Å². The Bertz CT molecular complexity index is 1180. The summed E-state index contributed by atoms with van der Waals surface area (Å²) in [6.07, 6.45) is 4.63. The molecule has 4 rings (SSSR count). The van der Waals surface area contributed by atoms with E-state index in [2.05, 4.69) is 33.5 Å². The lowest BCUT2D eigenvalue weighted by Crippen LogP contribution is -2.42. The van der Waals surface area contributed by atoms with Gasteiger partial charge < -0.3 is 5.32 Å². The molecule has 0 fully saturated rings. The number of aromatic nitrogens is 3. The average Bonchev–Trinajstić information content (AvgIpc) is 3.22. The SMILES string of the molecule is CCNC(=O)C(c1ccccc1)N1CC=C(c2ccc(-n3cnn(C(C)C)c3=O)cc2)CC1. The lowest BCUT2D eigenvalue weighted by atomic mass is 9.96. The van der Waals surface area contributed by atoms with Gasteiger partial charge in [0.25, 0.3) is 0 Å². The highest BCUT2D eigenvalue weighted by Gasteiger charge is 2.28. The minimum atomic E-state index is -0.296. The molecule has 2 heterocycles. The maximum atomic E-state index is 12.8. The van der Waals surface area contributed by atoms with Crippen molar-refractivity contribution in [3.8, 4) is 5.69 Å². The first-order valence-electron chi connectivity index (χ1n) is 11.5. The number of likely N-dealkylation sites (N-methyl/N-ethyl adjacent to an activating group) is 1. The first-order valence-corrected chi connectivity index (χ1v) is 11.5. The van der Waals surface area contributed by atoms with Crippen LogP contribution in [0.3, 0.4) is 0 Å². The van der Waals surface area contributed by atoms with Crippen molar-refractivity contribution >= 4 is 11.5 Å². The van der Waals surface area contributed by atoms with Gasteiger partial charge in [0.2, 0.25) is 5.91 Å². The Morgan fingerprint density at radius 3 is 2.39 bits per heavy atom. The van der Waals surface area contributed by atoms with Crippen LogP contribution in [-0.4, -0.2) is 44.8 Å². The molecule has 1 aromatic heterocycles. The maximum Gasteiger partial charge on any atom is 0.350 e.